The standard InChI is InChI=1S/C15H14N4O/c1-10(17-11-5-7-12(20-2)8-6-11)14-18-13-4-3-9-16-15(13)19-14/h3-9H,1-2H3,(H,16,18,19). The van der Waals surface area contributed by atoms with Crippen LogP contribution in [0.5, 0.6) is 5.75 Å². The Hall–Kier alpha value is -2.69. The minimum atomic E-state index is 0.701. The Morgan fingerprint density at radius 2 is 2.00 bits per heavy atom. The van der Waals surface area contributed by atoms with Gasteiger partial charge in [0.15, 0.2) is 11.5 Å². The van der Waals surface area contributed by atoms with Crippen LogP contribution in [0.25, 0.3) is 11.2 Å². The zero-order valence-electron chi connectivity index (χ0n) is 11.3. The summed E-state index contributed by atoms with van der Waals surface area (Å²) in [5.41, 5.74) is 3.28. The van der Waals surface area contributed by atoms with Gasteiger partial charge in [0.05, 0.1) is 24.0 Å². The highest BCUT2D eigenvalue weighted by atomic mass is 16.5. The maximum Gasteiger partial charge on any atom is 0.178 e. The fourth-order valence-electron chi connectivity index (χ4n) is 1.92. The highest BCUT2D eigenvalue weighted by Crippen LogP contribution is 2.19. The molecule has 0 saturated carbocycles. The number of hydrogen-bond acceptors (Lipinski definition) is 4. The van der Waals surface area contributed by atoms with Gasteiger partial charge in [-0.05, 0) is 43.3 Å². The number of nitrogens with zero attached hydrogens (tertiary/aromatic N) is 3. The first-order chi connectivity index (χ1) is 9.76. The van der Waals surface area contributed by atoms with Gasteiger partial charge in [0.1, 0.15) is 5.75 Å². The van der Waals surface area contributed by atoms with Gasteiger partial charge >= 0.3 is 0 Å². The smallest absolute Gasteiger partial charge is 0.178 e. The van der Waals surface area contributed by atoms with Gasteiger partial charge in [-0.1, -0.05) is 0 Å². The molecule has 0 aliphatic rings. The third-order valence-corrected chi connectivity index (χ3v) is 2.97. The second kappa shape index (κ2) is 5.13. The largest absolute Gasteiger partial charge is 0.497 e. The van der Waals surface area contributed by atoms with E-state index < -0.39 is 0 Å². The van der Waals surface area contributed by atoms with Gasteiger partial charge < -0.3 is 9.72 Å². The molecule has 0 unspecified atom stereocenters. The lowest BCUT2D eigenvalue weighted by atomic mass is 10.3. The summed E-state index contributed by atoms with van der Waals surface area (Å²) in [7, 11) is 1.64. The molecule has 20 heavy (non-hydrogen) atoms. The van der Waals surface area contributed by atoms with E-state index in [0.29, 0.717) is 5.65 Å². The summed E-state index contributed by atoms with van der Waals surface area (Å²) in [6.07, 6.45) is 1.73. The average molecular weight is 266 g/mol. The Kier molecular flexibility index (Phi) is 3.16. The van der Waals surface area contributed by atoms with Crippen LogP contribution >= 0.6 is 0 Å². The van der Waals surface area contributed by atoms with Crippen LogP contribution in [0.3, 0.4) is 0 Å². The number of pyridine rings is 1. The topological polar surface area (TPSA) is 63.2 Å². The van der Waals surface area contributed by atoms with E-state index in [1.807, 2.05) is 43.3 Å². The summed E-state index contributed by atoms with van der Waals surface area (Å²) in [6.45, 7) is 1.92. The zero-order valence-corrected chi connectivity index (χ0v) is 11.3. The molecule has 1 N–H and O–H groups in total. The monoisotopic (exact) mass is 266 g/mol. The van der Waals surface area contributed by atoms with Crippen molar-refractivity contribution in [3.63, 3.8) is 0 Å². The summed E-state index contributed by atoms with van der Waals surface area (Å²) in [4.78, 5) is 16.4. The van der Waals surface area contributed by atoms with Crippen molar-refractivity contribution in [3.05, 3.63) is 48.4 Å². The van der Waals surface area contributed by atoms with E-state index in [2.05, 4.69) is 19.9 Å². The molecule has 0 aliphatic carbocycles. The fourth-order valence-corrected chi connectivity index (χ4v) is 1.92. The molecular formula is C15H14N4O. The summed E-state index contributed by atoms with van der Waals surface area (Å²) < 4.78 is 5.12. The second-order valence-corrected chi connectivity index (χ2v) is 4.36. The van der Waals surface area contributed by atoms with Gasteiger partial charge in [0.2, 0.25) is 0 Å². The third kappa shape index (κ3) is 2.38. The van der Waals surface area contributed by atoms with Gasteiger partial charge in [-0.25, -0.2) is 15.0 Å². The van der Waals surface area contributed by atoms with Gasteiger partial charge in [0, 0.05) is 6.20 Å². The highest BCUT2D eigenvalue weighted by molar-refractivity contribution is 5.99. The third-order valence-electron chi connectivity index (χ3n) is 2.97. The SMILES string of the molecule is COc1ccc(N=C(C)c2nc3ncccc3[nH]2)cc1. The number of benzene rings is 1. The minimum absolute atomic E-state index is 0.701. The Balaban J connectivity index is 1.93. The number of fused-ring (bicyclic) bond motifs is 1. The lowest BCUT2D eigenvalue weighted by Gasteiger charge is -2.00. The zero-order chi connectivity index (χ0) is 13.9. The maximum absolute atomic E-state index is 5.12. The van der Waals surface area contributed by atoms with Crippen LogP contribution < -0.4 is 4.74 Å². The molecule has 0 fully saturated rings. The fraction of sp³-hybridized carbons (Fsp3) is 0.133. The van der Waals surface area contributed by atoms with Crippen LogP contribution in [-0.2, 0) is 0 Å². The predicted octanol–water partition coefficient (Wildman–Crippen LogP) is 3.11. The molecule has 0 spiro atoms. The van der Waals surface area contributed by atoms with Crippen molar-refractivity contribution in [2.45, 2.75) is 6.92 Å². The van der Waals surface area contributed by atoms with Crippen LogP contribution in [0.15, 0.2) is 47.6 Å². The van der Waals surface area contributed by atoms with Crippen LogP contribution in [0, 0.1) is 0 Å². The van der Waals surface area contributed by atoms with Crippen LogP contribution in [0.2, 0.25) is 0 Å². The van der Waals surface area contributed by atoms with E-state index >= 15 is 0 Å². The molecule has 0 aliphatic heterocycles. The molecule has 3 aromatic rings. The number of ether oxygens (including phenoxy) is 1. The molecule has 5 heteroatoms. The predicted molar refractivity (Wildman–Crippen MR) is 78.8 cm³/mol. The Labute approximate surface area is 116 Å². The summed E-state index contributed by atoms with van der Waals surface area (Å²) in [5.74, 6) is 1.55. The van der Waals surface area contributed by atoms with E-state index in [-0.39, 0.29) is 0 Å². The lowest BCUT2D eigenvalue weighted by Crippen LogP contribution is -1.96. The van der Waals surface area contributed by atoms with Crippen molar-refractivity contribution in [3.8, 4) is 5.75 Å². The Bertz CT molecular complexity index is 726. The molecule has 0 atom stereocenters. The summed E-state index contributed by atoms with van der Waals surface area (Å²) in [5, 5.41) is 0. The quantitative estimate of drug-likeness (QED) is 0.741. The first kappa shape index (κ1) is 12.3. The normalized spacial score (nSPS) is 11.8. The van der Waals surface area contributed by atoms with E-state index in [1.165, 1.54) is 0 Å². The number of rotatable bonds is 3. The molecule has 0 amide bonds. The Morgan fingerprint density at radius 3 is 2.70 bits per heavy atom. The molecule has 0 bridgehead atoms. The van der Waals surface area contributed by atoms with Gasteiger partial charge in [-0.2, -0.15) is 0 Å². The Morgan fingerprint density at radius 1 is 1.20 bits per heavy atom. The van der Waals surface area contributed by atoms with Crippen LogP contribution in [0.4, 0.5) is 5.69 Å². The number of H-pyrrole nitrogens is 1. The number of nitrogens with one attached hydrogen (secondary N) is 1. The molecule has 0 saturated heterocycles. The lowest BCUT2D eigenvalue weighted by molar-refractivity contribution is 0.415. The number of methoxy groups -OCH3 is 1. The van der Waals surface area contributed by atoms with Gasteiger partial charge in [-0.15, -0.1) is 0 Å². The molecule has 2 aromatic heterocycles. The summed E-state index contributed by atoms with van der Waals surface area (Å²) in [6, 6.07) is 11.4. The van der Waals surface area contributed by atoms with E-state index in [4.69, 9.17) is 4.74 Å². The maximum atomic E-state index is 5.12. The molecule has 3 rings (SSSR count). The van der Waals surface area contributed by atoms with Crippen molar-refractivity contribution < 1.29 is 4.74 Å². The van der Waals surface area contributed by atoms with E-state index in [0.717, 1.165) is 28.5 Å². The molecule has 100 valence electrons. The van der Waals surface area contributed by atoms with E-state index in [9.17, 15) is 0 Å². The molecule has 2 heterocycles. The second-order valence-electron chi connectivity index (χ2n) is 4.36. The number of aromatic amines is 1. The van der Waals surface area contributed by atoms with Crippen LogP contribution in [-0.4, -0.2) is 27.8 Å². The van der Waals surface area contributed by atoms with Crippen molar-refractivity contribution >= 4 is 22.6 Å². The number of hydrogen-bond donors (Lipinski definition) is 1. The van der Waals surface area contributed by atoms with Crippen molar-refractivity contribution in [2.24, 2.45) is 4.99 Å². The summed E-state index contributed by atoms with van der Waals surface area (Å²) >= 11 is 0. The van der Waals surface area contributed by atoms with Crippen LogP contribution in [0.1, 0.15) is 12.7 Å². The van der Waals surface area contributed by atoms with Crippen molar-refractivity contribution in [2.75, 3.05) is 7.11 Å². The minimum Gasteiger partial charge on any atom is -0.497 e. The number of aromatic nitrogens is 3. The molecule has 5 nitrogen and oxygen atoms in total. The first-order valence-electron chi connectivity index (χ1n) is 6.27. The van der Waals surface area contributed by atoms with Gasteiger partial charge in [0.25, 0.3) is 0 Å². The molecular weight excluding hydrogens is 252 g/mol. The first-order valence-corrected chi connectivity index (χ1v) is 6.27. The highest BCUT2D eigenvalue weighted by Gasteiger charge is 2.06. The van der Waals surface area contributed by atoms with E-state index in [1.54, 1.807) is 13.3 Å². The van der Waals surface area contributed by atoms with Gasteiger partial charge in [-0.3, -0.25) is 0 Å². The molecule has 1 aromatic carbocycles. The number of imidazole rings is 1. The molecule has 0 radical (unpaired) electrons. The van der Waals surface area contributed by atoms with Crippen molar-refractivity contribution in [1.82, 2.24) is 15.0 Å². The van der Waals surface area contributed by atoms with Crippen molar-refractivity contribution in [1.29, 1.82) is 0 Å². The average Bonchev–Trinajstić information content (AvgIpc) is 2.92. The number of aliphatic imine (C=N–C) groups is 1.